The second-order valence-corrected chi connectivity index (χ2v) is 7.65. The molecular weight excluding hydrogens is 366 g/mol. The van der Waals surface area contributed by atoms with Gasteiger partial charge in [-0.25, -0.2) is 13.2 Å². The van der Waals surface area contributed by atoms with Crippen LogP contribution in [0.15, 0.2) is 47.4 Å². The van der Waals surface area contributed by atoms with Gasteiger partial charge in [-0.15, -0.1) is 0 Å². The highest BCUT2D eigenvalue weighted by Gasteiger charge is 2.23. The fourth-order valence-electron chi connectivity index (χ4n) is 2.10. The van der Waals surface area contributed by atoms with Crippen LogP contribution in [0.4, 0.5) is 0 Å². The molecule has 0 aliphatic heterocycles. The second-order valence-electron chi connectivity index (χ2n) is 5.30. The first-order chi connectivity index (χ1) is 11.8. The van der Waals surface area contributed by atoms with Crippen LogP contribution in [0.3, 0.4) is 0 Å². The Labute approximate surface area is 151 Å². The van der Waals surface area contributed by atoms with Crippen molar-refractivity contribution < 1.29 is 22.8 Å². The van der Waals surface area contributed by atoms with Crippen LogP contribution in [-0.2, 0) is 26.2 Å². The predicted octanol–water partition coefficient (Wildman–Crippen LogP) is 3.19. The number of benzene rings is 2. The molecule has 0 atom stereocenters. The highest BCUT2D eigenvalue weighted by Crippen LogP contribution is 2.23. The molecule has 0 heterocycles. The summed E-state index contributed by atoms with van der Waals surface area (Å²) in [7, 11) is -1.41. The molecule has 0 fully saturated rings. The second kappa shape index (κ2) is 7.97. The van der Waals surface area contributed by atoms with E-state index >= 15 is 0 Å². The summed E-state index contributed by atoms with van der Waals surface area (Å²) in [5.74, 6) is -0.705. The number of ether oxygens (including phenoxy) is 1. The SMILES string of the molecule is CON(C)S(=O)(=O)c1ccc(Cl)c(C(=O)OCc2cccc(C)c2)c1. The van der Waals surface area contributed by atoms with Crippen molar-refractivity contribution in [3.63, 3.8) is 0 Å². The summed E-state index contributed by atoms with van der Waals surface area (Å²) in [5.41, 5.74) is 1.84. The topological polar surface area (TPSA) is 72.9 Å². The van der Waals surface area contributed by atoms with Crippen LogP contribution in [0.2, 0.25) is 5.02 Å². The Kier molecular flexibility index (Phi) is 6.18. The lowest BCUT2D eigenvalue weighted by Gasteiger charge is -2.15. The third kappa shape index (κ3) is 4.58. The van der Waals surface area contributed by atoms with Crippen molar-refractivity contribution in [2.75, 3.05) is 14.2 Å². The van der Waals surface area contributed by atoms with Gasteiger partial charge in [0, 0.05) is 7.05 Å². The number of halogens is 1. The van der Waals surface area contributed by atoms with Crippen molar-refractivity contribution >= 4 is 27.6 Å². The Morgan fingerprint density at radius 2 is 1.92 bits per heavy atom. The Hall–Kier alpha value is -1.93. The van der Waals surface area contributed by atoms with Gasteiger partial charge in [0.25, 0.3) is 10.0 Å². The van der Waals surface area contributed by atoms with Crippen molar-refractivity contribution in [2.24, 2.45) is 0 Å². The molecule has 0 spiro atoms. The lowest BCUT2D eigenvalue weighted by Crippen LogP contribution is -2.26. The fourth-order valence-corrected chi connectivity index (χ4v) is 3.29. The van der Waals surface area contributed by atoms with Crippen LogP contribution in [0, 0.1) is 6.92 Å². The number of hydrogen-bond donors (Lipinski definition) is 0. The maximum atomic E-state index is 12.3. The summed E-state index contributed by atoms with van der Waals surface area (Å²) in [6.07, 6.45) is 0. The van der Waals surface area contributed by atoms with Crippen molar-refractivity contribution in [1.82, 2.24) is 4.47 Å². The standard InChI is InChI=1S/C17H18ClNO5S/c1-12-5-4-6-13(9-12)11-24-17(20)15-10-14(7-8-16(15)18)25(21,22)19(2)23-3/h4-10H,11H2,1-3H3. The first-order valence-corrected chi connectivity index (χ1v) is 9.12. The molecule has 0 saturated heterocycles. The van der Waals surface area contributed by atoms with E-state index in [0.29, 0.717) is 4.47 Å². The van der Waals surface area contributed by atoms with Crippen LogP contribution in [0.5, 0.6) is 0 Å². The Balaban J connectivity index is 2.23. The van der Waals surface area contributed by atoms with Gasteiger partial charge in [-0.1, -0.05) is 45.9 Å². The van der Waals surface area contributed by atoms with Crippen LogP contribution in [0.1, 0.15) is 21.5 Å². The average Bonchev–Trinajstić information content (AvgIpc) is 2.59. The van der Waals surface area contributed by atoms with Crippen LogP contribution in [-0.4, -0.2) is 33.0 Å². The largest absolute Gasteiger partial charge is 0.457 e. The maximum Gasteiger partial charge on any atom is 0.340 e. The van der Waals surface area contributed by atoms with Crippen molar-refractivity contribution in [3.8, 4) is 0 Å². The predicted molar refractivity (Wildman–Crippen MR) is 93.7 cm³/mol. The Bertz CT molecular complexity index is 882. The van der Waals surface area contributed by atoms with Gasteiger partial charge in [0.15, 0.2) is 0 Å². The minimum absolute atomic E-state index is 0.0279. The summed E-state index contributed by atoms with van der Waals surface area (Å²) in [6.45, 7) is 1.99. The number of rotatable bonds is 6. The highest BCUT2D eigenvalue weighted by molar-refractivity contribution is 7.89. The molecule has 134 valence electrons. The molecule has 0 amide bonds. The number of aryl methyl sites for hydroxylation is 1. The summed E-state index contributed by atoms with van der Waals surface area (Å²) in [6, 6.07) is 11.3. The van der Waals surface area contributed by atoms with Crippen LogP contribution in [0.25, 0.3) is 0 Å². The Morgan fingerprint density at radius 3 is 2.56 bits per heavy atom. The molecule has 25 heavy (non-hydrogen) atoms. The number of hydroxylamine groups is 1. The van der Waals surface area contributed by atoms with Gasteiger partial charge in [0.05, 0.1) is 22.6 Å². The van der Waals surface area contributed by atoms with Gasteiger partial charge < -0.3 is 4.74 Å². The minimum Gasteiger partial charge on any atom is -0.457 e. The quantitative estimate of drug-likeness (QED) is 0.565. The van der Waals surface area contributed by atoms with E-state index in [1.807, 2.05) is 31.2 Å². The summed E-state index contributed by atoms with van der Waals surface area (Å²) in [5, 5.41) is 0.105. The first-order valence-electron chi connectivity index (χ1n) is 7.31. The summed E-state index contributed by atoms with van der Waals surface area (Å²) in [4.78, 5) is 16.9. The molecule has 0 unspecified atom stereocenters. The Morgan fingerprint density at radius 1 is 1.20 bits per heavy atom. The van der Waals surface area contributed by atoms with Gasteiger partial charge in [-0.3, -0.25) is 4.84 Å². The fraction of sp³-hybridized carbons (Fsp3) is 0.235. The molecule has 0 aliphatic rings. The van der Waals surface area contributed by atoms with E-state index in [0.717, 1.165) is 11.1 Å². The van der Waals surface area contributed by atoms with E-state index in [1.165, 1.54) is 32.4 Å². The number of carbonyl (C=O) groups excluding carboxylic acids is 1. The number of nitrogens with zero attached hydrogens (tertiary/aromatic N) is 1. The van der Waals surface area contributed by atoms with Crippen LogP contribution < -0.4 is 0 Å². The molecule has 8 heteroatoms. The van der Waals surface area contributed by atoms with E-state index in [4.69, 9.17) is 21.2 Å². The summed E-state index contributed by atoms with van der Waals surface area (Å²) >= 11 is 6.02. The zero-order valence-corrected chi connectivity index (χ0v) is 15.6. The third-order valence-electron chi connectivity index (χ3n) is 3.50. The van der Waals surface area contributed by atoms with Crippen molar-refractivity contribution in [1.29, 1.82) is 0 Å². The monoisotopic (exact) mass is 383 g/mol. The smallest absolute Gasteiger partial charge is 0.340 e. The molecule has 2 rings (SSSR count). The summed E-state index contributed by atoms with van der Waals surface area (Å²) < 4.78 is 30.5. The molecule has 2 aromatic carbocycles. The van der Waals surface area contributed by atoms with Crippen molar-refractivity contribution in [3.05, 3.63) is 64.2 Å². The van der Waals surface area contributed by atoms with Gasteiger partial charge in [-0.05, 0) is 30.7 Å². The highest BCUT2D eigenvalue weighted by atomic mass is 35.5. The number of carbonyl (C=O) groups is 1. The number of sulfonamides is 1. The molecule has 0 bridgehead atoms. The lowest BCUT2D eigenvalue weighted by atomic mass is 10.1. The molecule has 0 N–H and O–H groups in total. The van der Waals surface area contributed by atoms with Crippen LogP contribution >= 0.6 is 11.6 Å². The van der Waals surface area contributed by atoms with Gasteiger partial charge >= 0.3 is 5.97 Å². The maximum absolute atomic E-state index is 12.3. The first kappa shape index (κ1) is 19.4. The van der Waals surface area contributed by atoms with E-state index in [2.05, 4.69) is 0 Å². The van der Waals surface area contributed by atoms with Gasteiger partial charge in [-0.2, -0.15) is 0 Å². The molecular formula is C17H18ClNO5S. The minimum atomic E-state index is -3.89. The molecule has 6 nitrogen and oxygen atoms in total. The average molecular weight is 384 g/mol. The molecule has 2 aromatic rings. The normalized spacial score (nSPS) is 11.6. The van der Waals surface area contributed by atoms with E-state index < -0.39 is 16.0 Å². The lowest BCUT2D eigenvalue weighted by molar-refractivity contribution is -0.0258. The third-order valence-corrected chi connectivity index (χ3v) is 5.51. The zero-order chi connectivity index (χ0) is 18.6. The van der Waals surface area contributed by atoms with Crippen molar-refractivity contribution in [2.45, 2.75) is 18.4 Å². The molecule has 0 radical (unpaired) electrons. The van der Waals surface area contributed by atoms with E-state index in [1.54, 1.807) is 0 Å². The zero-order valence-electron chi connectivity index (χ0n) is 14.0. The van der Waals surface area contributed by atoms with Gasteiger partial charge in [0.2, 0.25) is 0 Å². The van der Waals surface area contributed by atoms with E-state index in [9.17, 15) is 13.2 Å². The van der Waals surface area contributed by atoms with E-state index in [-0.39, 0.29) is 22.1 Å². The number of hydrogen-bond acceptors (Lipinski definition) is 5. The molecule has 0 saturated carbocycles. The number of esters is 1. The molecule has 0 aromatic heterocycles. The molecule has 0 aliphatic carbocycles. The van der Waals surface area contributed by atoms with Gasteiger partial charge in [0.1, 0.15) is 6.61 Å².